The molecule has 0 fully saturated rings. The lowest BCUT2D eigenvalue weighted by atomic mass is 10.2. The van der Waals surface area contributed by atoms with E-state index in [-0.39, 0.29) is 34.6 Å². The standard InChI is InChI=1S/C23H28N4O9S/c1-5-27(6-2)22(30)15-8-10-17(11-9-15)37(32,33)26-20(29)16-12-18(34-4)21(24-13-16)36-23(31)25-14-19(28)35-7-3/h8-13H,5-7,14H2,1-4H3,(H,25,31)(H,26,29). The number of ether oxygens (including phenoxy) is 3. The van der Waals surface area contributed by atoms with Crippen LogP contribution < -0.4 is 19.5 Å². The number of aromatic nitrogens is 1. The minimum absolute atomic E-state index is 0.143. The van der Waals surface area contributed by atoms with Crippen LogP contribution in [0.25, 0.3) is 0 Å². The Balaban J connectivity index is 2.11. The second kappa shape index (κ2) is 13.2. The van der Waals surface area contributed by atoms with E-state index >= 15 is 0 Å². The summed E-state index contributed by atoms with van der Waals surface area (Å²) in [5, 5.41) is 2.16. The van der Waals surface area contributed by atoms with Crippen LogP contribution in [-0.2, 0) is 19.6 Å². The van der Waals surface area contributed by atoms with Gasteiger partial charge < -0.3 is 24.4 Å². The summed E-state index contributed by atoms with van der Waals surface area (Å²) in [5.74, 6) is -2.40. The molecule has 0 unspecified atom stereocenters. The molecule has 0 radical (unpaired) electrons. The van der Waals surface area contributed by atoms with Crippen LogP contribution in [0.4, 0.5) is 4.79 Å². The maximum absolute atomic E-state index is 12.7. The summed E-state index contributed by atoms with van der Waals surface area (Å²) in [7, 11) is -3.06. The first-order valence-corrected chi connectivity index (χ1v) is 12.7. The maximum Gasteiger partial charge on any atom is 0.414 e. The smallest absolute Gasteiger partial charge is 0.414 e. The molecule has 2 rings (SSSR count). The summed E-state index contributed by atoms with van der Waals surface area (Å²) < 4.78 is 42.0. The Labute approximate surface area is 214 Å². The summed E-state index contributed by atoms with van der Waals surface area (Å²) in [4.78, 5) is 53.4. The van der Waals surface area contributed by atoms with Crippen LogP contribution >= 0.6 is 0 Å². The van der Waals surface area contributed by atoms with Crippen molar-refractivity contribution in [3.05, 3.63) is 47.7 Å². The highest BCUT2D eigenvalue weighted by Crippen LogP contribution is 2.25. The number of pyridine rings is 1. The van der Waals surface area contributed by atoms with Crippen LogP contribution in [0.5, 0.6) is 11.6 Å². The second-order valence-electron chi connectivity index (χ2n) is 7.22. The molecule has 37 heavy (non-hydrogen) atoms. The third-order valence-corrected chi connectivity index (χ3v) is 6.21. The molecule has 3 amide bonds. The number of methoxy groups -OCH3 is 1. The fourth-order valence-corrected chi connectivity index (χ4v) is 3.94. The topological polar surface area (TPSA) is 170 Å². The molecule has 0 aliphatic rings. The van der Waals surface area contributed by atoms with Crippen molar-refractivity contribution >= 4 is 33.9 Å². The number of nitrogens with one attached hydrogen (secondary N) is 2. The normalized spacial score (nSPS) is 10.7. The molecule has 2 aromatic rings. The molecule has 1 aromatic carbocycles. The molecule has 0 aliphatic heterocycles. The Bertz CT molecular complexity index is 1240. The van der Waals surface area contributed by atoms with Gasteiger partial charge in [0.05, 0.1) is 24.2 Å². The first-order chi connectivity index (χ1) is 17.6. The Morgan fingerprint density at radius 1 is 1.00 bits per heavy atom. The van der Waals surface area contributed by atoms with E-state index in [1.807, 2.05) is 18.6 Å². The van der Waals surface area contributed by atoms with E-state index < -0.39 is 34.5 Å². The monoisotopic (exact) mass is 536 g/mol. The van der Waals surface area contributed by atoms with E-state index in [0.717, 1.165) is 12.3 Å². The zero-order chi connectivity index (χ0) is 27.6. The molecule has 0 spiro atoms. The number of rotatable bonds is 11. The third-order valence-electron chi connectivity index (χ3n) is 4.86. The van der Waals surface area contributed by atoms with Crippen LogP contribution in [0.1, 0.15) is 41.5 Å². The van der Waals surface area contributed by atoms with E-state index in [2.05, 4.69) is 15.0 Å². The van der Waals surface area contributed by atoms with Gasteiger partial charge in [-0.25, -0.2) is 22.9 Å². The summed E-state index contributed by atoms with van der Waals surface area (Å²) in [6.07, 6.45) is -0.0470. The van der Waals surface area contributed by atoms with Crippen molar-refractivity contribution in [3.63, 3.8) is 0 Å². The summed E-state index contributed by atoms with van der Waals surface area (Å²) >= 11 is 0. The lowest BCUT2D eigenvalue weighted by Crippen LogP contribution is -2.33. The van der Waals surface area contributed by atoms with Crippen molar-refractivity contribution in [2.75, 3.05) is 33.4 Å². The minimum atomic E-state index is -4.28. The number of amides is 3. The average Bonchev–Trinajstić information content (AvgIpc) is 2.88. The van der Waals surface area contributed by atoms with Crippen LogP contribution in [-0.4, -0.2) is 75.5 Å². The van der Waals surface area contributed by atoms with Crippen molar-refractivity contribution in [2.24, 2.45) is 0 Å². The predicted molar refractivity (Wildman–Crippen MR) is 130 cm³/mol. The van der Waals surface area contributed by atoms with Gasteiger partial charge in [0.2, 0.25) is 0 Å². The van der Waals surface area contributed by atoms with E-state index in [1.165, 1.54) is 31.4 Å². The number of carbonyl (C=O) groups is 4. The second-order valence-corrected chi connectivity index (χ2v) is 8.90. The van der Waals surface area contributed by atoms with Gasteiger partial charge in [-0.1, -0.05) is 0 Å². The SMILES string of the molecule is CCOC(=O)CNC(=O)Oc1ncc(C(=O)NS(=O)(=O)c2ccc(C(=O)N(CC)CC)cc2)cc1OC. The van der Waals surface area contributed by atoms with E-state index in [9.17, 15) is 27.6 Å². The maximum atomic E-state index is 12.7. The Kier molecular flexibility index (Phi) is 10.4. The van der Waals surface area contributed by atoms with Crippen molar-refractivity contribution in [3.8, 4) is 11.6 Å². The molecular weight excluding hydrogens is 508 g/mol. The molecule has 0 atom stereocenters. The molecule has 200 valence electrons. The van der Waals surface area contributed by atoms with Gasteiger partial charge >= 0.3 is 12.1 Å². The minimum Gasteiger partial charge on any atom is -0.491 e. The molecular formula is C23H28N4O9S. The lowest BCUT2D eigenvalue weighted by molar-refractivity contribution is -0.141. The van der Waals surface area contributed by atoms with Gasteiger partial charge in [-0.3, -0.25) is 14.4 Å². The average molecular weight is 537 g/mol. The van der Waals surface area contributed by atoms with Gasteiger partial charge in [0.25, 0.3) is 27.7 Å². The van der Waals surface area contributed by atoms with Gasteiger partial charge in [0, 0.05) is 30.9 Å². The van der Waals surface area contributed by atoms with E-state index in [1.54, 1.807) is 11.8 Å². The lowest BCUT2D eigenvalue weighted by Gasteiger charge is -2.18. The van der Waals surface area contributed by atoms with E-state index in [4.69, 9.17) is 9.47 Å². The zero-order valence-electron chi connectivity index (χ0n) is 20.8. The summed E-state index contributed by atoms with van der Waals surface area (Å²) in [6.45, 7) is 6.00. The Morgan fingerprint density at radius 3 is 2.22 bits per heavy atom. The summed E-state index contributed by atoms with van der Waals surface area (Å²) in [5.41, 5.74) is 0.109. The number of hydrogen-bond acceptors (Lipinski definition) is 10. The quantitative estimate of drug-likeness (QED) is 0.399. The molecule has 0 bridgehead atoms. The van der Waals surface area contributed by atoms with Gasteiger partial charge in [0.15, 0.2) is 5.75 Å². The molecule has 14 heteroatoms. The highest BCUT2D eigenvalue weighted by molar-refractivity contribution is 7.90. The van der Waals surface area contributed by atoms with Crippen LogP contribution in [0, 0.1) is 0 Å². The molecule has 2 N–H and O–H groups in total. The van der Waals surface area contributed by atoms with Crippen molar-refractivity contribution in [2.45, 2.75) is 25.7 Å². The highest BCUT2D eigenvalue weighted by atomic mass is 32.2. The van der Waals surface area contributed by atoms with Gasteiger partial charge in [-0.05, 0) is 45.0 Å². The zero-order valence-corrected chi connectivity index (χ0v) is 21.6. The Morgan fingerprint density at radius 2 is 1.65 bits per heavy atom. The van der Waals surface area contributed by atoms with Crippen LogP contribution in [0.3, 0.4) is 0 Å². The van der Waals surface area contributed by atoms with E-state index in [0.29, 0.717) is 18.7 Å². The van der Waals surface area contributed by atoms with Crippen LogP contribution in [0.15, 0.2) is 41.4 Å². The number of benzene rings is 1. The molecule has 0 saturated carbocycles. The first kappa shape index (κ1) is 29.0. The van der Waals surface area contributed by atoms with Gasteiger partial charge in [0.1, 0.15) is 6.54 Å². The highest BCUT2D eigenvalue weighted by Gasteiger charge is 2.22. The van der Waals surface area contributed by atoms with Crippen LogP contribution in [0.2, 0.25) is 0 Å². The largest absolute Gasteiger partial charge is 0.491 e. The molecule has 1 aromatic heterocycles. The fourth-order valence-electron chi connectivity index (χ4n) is 2.97. The Hall–Kier alpha value is -4.20. The molecule has 0 aliphatic carbocycles. The fraction of sp³-hybridized carbons (Fsp3) is 0.348. The third kappa shape index (κ3) is 7.90. The van der Waals surface area contributed by atoms with Gasteiger partial charge in [-0.15, -0.1) is 0 Å². The number of carbonyl (C=O) groups excluding carboxylic acids is 4. The molecule has 0 saturated heterocycles. The number of hydrogen-bond donors (Lipinski definition) is 2. The van der Waals surface area contributed by atoms with Crippen molar-refractivity contribution < 1.29 is 41.8 Å². The predicted octanol–water partition coefficient (Wildman–Crippen LogP) is 1.34. The van der Waals surface area contributed by atoms with Crippen molar-refractivity contribution in [1.29, 1.82) is 0 Å². The van der Waals surface area contributed by atoms with Gasteiger partial charge in [-0.2, -0.15) is 0 Å². The summed E-state index contributed by atoms with van der Waals surface area (Å²) in [6, 6.07) is 6.29. The molecule has 13 nitrogen and oxygen atoms in total. The number of nitrogens with zero attached hydrogens (tertiary/aromatic N) is 2. The van der Waals surface area contributed by atoms with Crippen molar-refractivity contribution in [1.82, 2.24) is 19.9 Å². The first-order valence-electron chi connectivity index (χ1n) is 11.2. The number of sulfonamides is 1. The molecule has 1 heterocycles. The number of esters is 1.